The molecule has 1 aromatic rings. The highest BCUT2D eigenvalue weighted by molar-refractivity contribution is 6.17. The minimum atomic E-state index is -0.653. The van der Waals surface area contributed by atoms with Crippen molar-refractivity contribution in [1.82, 2.24) is 15.1 Å². The van der Waals surface area contributed by atoms with E-state index in [9.17, 15) is 5.11 Å². The number of aromatic nitrogens is 2. The Morgan fingerprint density at radius 1 is 1.26 bits per heavy atom. The zero-order valence-electron chi connectivity index (χ0n) is 11.5. The predicted octanol–water partition coefficient (Wildman–Crippen LogP) is 0.744. The molecule has 2 heterocycles. The number of halogens is 1. The molecular formula is C12H21ClN4O2. The summed E-state index contributed by atoms with van der Waals surface area (Å²) >= 11 is 5.64. The molecule has 0 atom stereocenters. The molecule has 0 saturated carbocycles. The highest BCUT2D eigenvalue weighted by atomic mass is 35.5. The van der Waals surface area contributed by atoms with Gasteiger partial charge in [-0.05, 0) is 13.8 Å². The second kappa shape index (κ2) is 6.07. The smallest absolute Gasteiger partial charge is 0.318 e. The third kappa shape index (κ3) is 4.33. The van der Waals surface area contributed by atoms with Gasteiger partial charge >= 0.3 is 6.01 Å². The van der Waals surface area contributed by atoms with E-state index in [-0.39, 0.29) is 0 Å². The van der Waals surface area contributed by atoms with E-state index in [0.717, 1.165) is 26.2 Å². The third-order valence-corrected chi connectivity index (χ3v) is 3.21. The van der Waals surface area contributed by atoms with Gasteiger partial charge in [-0.25, -0.2) is 0 Å². The van der Waals surface area contributed by atoms with Crippen molar-refractivity contribution in [1.29, 1.82) is 0 Å². The predicted molar refractivity (Wildman–Crippen MR) is 73.7 cm³/mol. The highest BCUT2D eigenvalue weighted by Crippen LogP contribution is 2.16. The normalized spacial score (nSPS) is 18.0. The quantitative estimate of drug-likeness (QED) is 0.807. The summed E-state index contributed by atoms with van der Waals surface area (Å²) in [5.74, 6) is 1.07. The molecule has 0 amide bonds. The molecule has 6 nitrogen and oxygen atoms in total. The summed E-state index contributed by atoms with van der Waals surface area (Å²) < 4.78 is 5.55. The van der Waals surface area contributed by atoms with Crippen LogP contribution in [0.2, 0.25) is 0 Å². The molecular weight excluding hydrogens is 268 g/mol. The van der Waals surface area contributed by atoms with Crippen LogP contribution in [0.25, 0.3) is 0 Å². The van der Waals surface area contributed by atoms with Crippen molar-refractivity contribution in [2.75, 3.05) is 43.5 Å². The van der Waals surface area contributed by atoms with Gasteiger partial charge in [0.25, 0.3) is 0 Å². The van der Waals surface area contributed by atoms with Gasteiger partial charge in [0.15, 0.2) is 0 Å². The Kier molecular flexibility index (Phi) is 4.65. The van der Waals surface area contributed by atoms with Gasteiger partial charge in [-0.1, -0.05) is 5.10 Å². The number of β-amino-alcohol motifs (C(OH)–C–C–N with tert-alkyl or cyclic N) is 1. The Morgan fingerprint density at radius 2 is 1.95 bits per heavy atom. The standard InChI is InChI=1S/C12H21ClN4O2/c1-12(2,18)9-16-5-7-17(8-6-16)11-15-14-10(19-11)3-4-13/h18H,3-9H2,1-2H3. The molecule has 1 aromatic heterocycles. The topological polar surface area (TPSA) is 65.6 Å². The van der Waals surface area contributed by atoms with E-state index in [0.29, 0.717) is 30.8 Å². The number of aryl methyl sites for hydroxylation is 1. The number of hydrogen-bond donors (Lipinski definition) is 1. The van der Waals surface area contributed by atoms with Crippen LogP contribution >= 0.6 is 11.6 Å². The molecule has 0 aliphatic carbocycles. The Labute approximate surface area is 118 Å². The summed E-state index contributed by atoms with van der Waals surface area (Å²) in [6.07, 6.45) is 0.604. The van der Waals surface area contributed by atoms with Gasteiger partial charge in [-0.2, -0.15) is 0 Å². The molecule has 108 valence electrons. The lowest BCUT2D eigenvalue weighted by Gasteiger charge is -2.36. The summed E-state index contributed by atoms with van der Waals surface area (Å²) in [4.78, 5) is 4.32. The molecule has 7 heteroatoms. The van der Waals surface area contributed by atoms with Crippen molar-refractivity contribution in [2.45, 2.75) is 25.9 Å². The summed E-state index contributed by atoms with van der Waals surface area (Å²) in [6.45, 7) is 7.78. The molecule has 0 aromatic carbocycles. The van der Waals surface area contributed by atoms with Crippen molar-refractivity contribution in [2.24, 2.45) is 0 Å². The number of piperazine rings is 1. The van der Waals surface area contributed by atoms with Gasteiger partial charge in [0, 0.05) is 45.0 Å². The van der Waals surface area contributed by atoms with Crippen LogP contribution in [-0.2, 0) is 6.42 Å². The molecule has 0 spiro atoms. The van der Waals surface area contributed by atoms with Crippen LogP contribution in [0.15, 0.2) is 4.42 Å². The minimum Gasteiger partial charge on any atom is -0.408 e. The first kappa shape index (κ1) is 14.6. The maximum atomic E-state index is 9.81. The number of rotatable bonds is 5. The van der Waals surface area contributed by atoms with E-state index < -0.39 is 5.60 Å². The lowest BCUT2D eigenvalue weighted by molar-refractivity contribution is 0.0342. The zero-order valence-corrected chi connectivity index (χ0v) is 12.2. The molecule has 0 bridgehead atoms. The lowest BCUT2D eigenvalue weighted by Crippen LogP contribution is -2.50. The Balaban J connectivity index is 1.85. The van der Waals surface area contributed by atoms with Crippen LogP contribution in [0.1, 0.15) is 19.7 Å². The number of anilines is 1. The first-order valence-electron chi connectivity index (χ1n) is 6.56. The molecule has 1 fully saturated rings. The number of nitrogens with zero attached hydrogens (tertiary/aromatic N) is 4. The zero-order chi connectivity index (χ0) is 13.9. The molecule has 0 radical (unpaired) electrons. The van der Waals surface area contributed by atoms with Gasteiger partial charge < -0.3 is 14.4 Å². The Morgan fingerprint density at radius 3 is 2.53 bits per heavy atom. The van der Waals surface area contributed by atoms with Gasteiger partial charge in [0.2, 0.25) is 5.89 Å². The highest BCUT2D eigenvalue weighted by Gasteiger charge is 2.24. The van der Waals surface area contributed by atoms with E-state index in [1.807, 2.05) is 13.8 Å². The van der Waals surface area contributed by atoms with Crippen LogP contribution < -0.4 is 4.90 Å². The molecule has 19 heavy (non-hydrogen) atoms. The van der Waals surface area contributed by atoms with Crippen molar-refractivity contribution in [3.05, 3.63) is 5.89 Å². The second-order valence-electron chi connectivity index (χ2n) is 5.49. The fourth-order valence-corrected chi connectivity index (χ4v) is 2.36. The number of aliphatic hydroxyl groups is 1. The largest absolute Gasteiger partial charge is 0.408 e. The number of hydrogen-bond acceptors (Lipinski definition) is 6. The Hall–Kier alpha value is -0.850. The number of alkyl halides is 1. The van der Waals surface area contributed by atoms with Crippen LogP contribution in [0, 0.1) is 0 Å². The van der Waals surface area contributed by atoms with Crippen molar-refractivity contribution in [3.8, 4) is 0 Å². The average Bonchev–Trinajstić information content (AvgIpc) is 2.77. The van der Waals surface area contributed by atoms with E-state index in [4.69, 9.17) is 16.0 Å². The van der Waals surface area contributed by atoms with Gasteiger partial charge in [0.05, 0.1) is 5.60 Å². The summed E-state index contributed by atoms with van der Waals surface area (Å²) in [5, 5.41) is 17.8. The van der Waals surface area contributed by atoms with Crippen LogP contribution in [-0.4, -0.2) is 64.4 Å². The fraction of sp³-hybridized carbons (Fsp3) is 0.833. The summed E-state index contributed by atoms with van der Waals surface area (Å²) in [5.41, 5.74) is -0.653. The first-order chi connectivity index (χ1) is 8.98. The molecule has 1 N–H and O–H groups in total. The van der Waals surface area contributed by atoms with Crippen molar-refractivity contribution in [3.63, 3.8) is 0 Å². The third-order valence-electron chi connectivity index (χ3n) is 3.02. The van der Waals surface area contributed by atoms with Gasteiger partial charge in [-0.3, -0.25) is 4.90 Å². The first-order valence-corrected chi connectivity index (χ1v) is 7.09. The lowest BCUT2D eigenvalue weighted by atomic mass is 10.1. The maximum Gasteiger partial charge on any atom is 0.318 e. The van der Waals surface area contributed by atoms with Crippen LogP contribution in [0.5, 0.6) is 0 Å². The summed E-state index contributed by atoms with van der Waals surface area (Å²) in [7, 11) is 0. The molecule has 1 aliphatic heterocycles. The van der Waals surface area contributed by atoms with Crippen molar-refractivity contribution < 1.29 is 9.52 Å². The second-order valence-corrected chi connectivity index (χ2v) is 5.87. The van der Waals surface area contributed by atoms with Crippen LogP contribution in [0.4, 0.5) is 6.01 Å². The SMILES string of the molecule is CC(C)(O)CN1CCN(c2nnc(CCCl)o2)CC1. The molecule has 2 rings (SSSR count). The maximum absolute atomic E-state index is 9.81. The Bertz CT molecular complexity index is 397. The minimum absolute atomic E-state index is 0.487. The molecule has 0 unspecified atom stereocenters. The van der Waals surface area contributed by atoms with Gasteiger partial charge in [0.1, 0.15) is 0 Å². The monoisotopic (exact) mass is 288 g/mol. The van der Waals surface area contributed by atoms with E-state index >= 15 is 0 Å². The average molecular weight is 289 g/mol. The van der Waals surface area contributed by atoms with Crippen molar-refractivity contribution >= 4 is 17.6 Å². The van der Waals surface area contributed by atoms with E-state index in [1.165, 1.54) is 0 Å². The van der Waals surface area contributed by atoms with E-state index in [2.05, 4.69) is 20.0 Å². The fourth-order valence-electron chi connectivity index (χ4n) is 2.20. The molecule has 1 aliphatic rings. The van der Waals surface area contributed by atoms with Crippen LogP contribution in [0.3, 0.4) is 0 Å². The van der Waals surface area contributed by atoms with E-state index in [1.54, 1.807) is 0 Å². The summed E-state index contributed by atoms with van der Waals surface area (Å²) in [6, 6.07) is 0.572. The van der Waals surface area contributed by atoms with Gasteiger partial charge in [-0.15, -0.1) is 16.7 Å². The molecule has 1 saturated heterocycles.